The number of hydrogen-bond donors (Lipinski definition) is 3. The first-order chi connectivity index (χ1) is 13.7. The van der Waals surface area contributed by atoms with Crippen molar-refractivity contribution in [2.45, 2.75) is 65.0 Å². The van der Waals surface area contributed by atoms with Gasteiger partial charge in [0.2, 0.25) is 17.7 Å². The van der Waals surface area contributed by atoms with Gasteiger partial charge in [0, 0.05) is 31.7 Å². The number of aliphatic hydroxyl groups excluding tert-OH is 1. The van der Waals surface area contributed by atoms with E-state index in [9.17, 15) is 14.4 Å². The Kier molecular flexibility index (Phi) is 7.86. The molecule has 0 aromatic carbocycles. The van der Waals surface area contributed by atoms with Crippen molar-refractivity contribution in [3.05, 3.63) is 12.2 Å². The molecule has 0 radical (unpaired) electrons. The second-order valence-electron chi connectivity index (χ2n) is 9.20. The summed E-state index contributed by atoms with van der Waals surface area (Å²) in [6, 6.07) is -0.609. The first kappa shape index (κ1) is 23.4. The van der Waals surface area contributed by atoms with Gasteiger partial charge in [0.05, 0.1) is 11.8 Å². The molecule has 1 heterocycles. The van der Waals surface area contributed by atoms with Crippen LogP contribution in [0.4, 0.5) is 0 Å². The van der Waals surface area contributed by atoms with Crippen molar-refractivity contribution in [1.82, 2.24) is 15.5 Å². The molecule has 0 aromatic heterocycles. The Morgan fingerprint density at radius 1 is 1.14 bits per heavy atom. The molecular formula is C22H37N3O4. The summed E-state index contributed by atoms with van der Waals surface area (Å²) in [6.07, 6.45) is 6.94. The van der Waals surface area contributed by atoms with Crippen molar-refractivity contribution in [3.63, 3.8) is 0 Å². The zero-order valence-corrected chi connectivity index (χ0v) is 18.4. The van der Waals surface area contributed by atoms with E-state index in [-0.39, 0.29) is 36.2 Å². The molecule has 0 unspecified atom stereocenters. The van der Waals surface area contributed by atoms with Crippen molar-refractivity contribution in [2.75, 3.05) is 20.2 Å². The molecule has 2 rings (SSSR count). The van der Waals surface area contributed by atoms with E-state index in [4.69, 9.17) is 5.11 Å². The Morgan fingerprint density at radius 3 is 2.38 bits per heavy atom. The van der Waals surface area contributed by atoms with Crippen LogP contribution in [-0.2, 0) is 14.4 Å². The number of fused-ring (bicyclic) bond motifs is 1. The molecule has 29 heavy (non-hydrogen) atoms. The smallest absolute Gasteiger partial charge is 0.243 e. The maximum Gasteiger partial charge on any atom is 0.243 e. The highest BCUT2D eigenvalue weighted by Gasteiger charge is 2.56. The van der Waals surface area contributed by atoms with Gasteiger partial charge in [0.1, 0.15) is 6.04 Å². The predicted molar refractivity (Wildman–Crippen MR) is 112 cm³/mol. The van der Waals surface area contributed by atoms with Crippen LogP contribution in [0.15, 0.2) is 12.2 Å². The highest BCUT2D eigenvalue weighted by atomic mass is 16.3. The van der Waals surface area contributed by atoms with Gasteiger partial charge in [0.25, 0.3) is 0 Å². The molecule has 1 fully saturated rings. The van der Waals surface area contributed by atoms with Crippen LogP contribution in [-0.4, -0.2) is 59.5 Å². The second kappa shape index (κ2) is 9.74. The number of allylic oxidation sites excluding steroid dienone is 1. The van der Waals surface area contributed by atoms with E-state index in [1.165, 1.54) is 0 Å². The number of aliphatic hydroxyl groups is 1. The van der Waals surface area contributed by atoms with Crippen molar-refractivity contribution in [1.29, 1.82) is 0 Å². The number of rotatable bonds is 8. The van der Waals surface area contributed by atoms with Gasteiger partial charge in [-0.3, -0.25) is 14.4 Å². The lowest BCUT2D eigenvalue weighted by molar-refractivity contribution is -0.141. The molecule has 1 aliphatic carbocycles. The van der Waals surface area contributed by atoms with Crippen molar-refractivity contribution >= 4 is 17.7 Å². The molecule has 0 aromatic rings. The standard InChI is InChI=1S/C22H37N3O4/c1-6-14-10-11-15-17(16(14)19(27)23-5)21(29)25(12-8-7-9-13-26)18(15)20(28)24-22(2,3)4/h10-11,14-18,26H,6-9,12-13H2,1-5H3,(H,23,27)(H,24,28)/t14-,15+,16-,17-,18+/m1/s1. The normalized spacial score (nSPS) is 29.0. The van der Waals surface area contributed by atoms with Gasteiger partial charge in [-0.1, -0.05) is 19.1 Å². The van der Waals surface area contributed by atoms with Crippen LogP contribution in [0.2, 0.25) is 0 Å². The minimum atomic E-state index is -0.609. The Balaban J connectivity index is 2.37. The lowest BCUT2D eigenvalue weighted by Gasteiger charge is -2.34. The van der Waals surface area contributed by atoms with Gasteiger partial charge >= 0.3 is 0 Å². The molecule has 0 saturated carbocycles. The van der Waals surface area contributed by atoms with Gasteiger partial charge < -0.3 is 20.6 Å². The van der Waals surface area contributed by atoms with E-state index in [1.807, 2.05) is 39.8 Å². The first-order valence-electron chi connectivity index (χ1n) is 10.8. The summed E-state index contributed by atoms with van der Waals surface area (Å²) in [6.45, 7) is 8.35. The Morgan fingerprint density at radius 2 is 1.83 bits per heavy atom. The second-order valence-corrected chi connectivity index (χ2v) is 9.20. The minimum Gasteiger partial charge on any atom is -0.396 e. The maximum absolute atomic E-state index is 13.5. The van der Waals surface area contributed by atoms with Crippen LogP contribution in [0.25, 0.3) is 0 Å². The monoisotopic (exact) mass is 407 g/mol. The maximum atomic E-state index is 13.5. The van der Waals surface area contributed by atoms with E-state index in [1.54, 1.807) is 11.9 Å². The molecule has 1 aliphatic heterocycles. The first-order valence-corrected chi connectivity index (χ1v) is 10.8. The number of amides is 3. The van der Waals surface area contributed by atoms with Crippen LogP contribution < -0.4 is 10.6 Å². The number of unbranched alkanes of at least 4 members (excludes halogenated alkanes) is 2. The highest BCUT2D eigenvalue weighted by Crippen LogP contribution is 2.45. The topological polar surface area (TPSA) is 98.7 Å². The molecule has 7 nitrogen and oxygen atoms in total. The van der Waals surface area contributed by atoms with Crippen LogP contribution >= 0.6 is 0 Å². The fraction of sp³-hybridized carbons (Fsp3) is 0.773. The van der Waals surface area contributed by atoms with Crippen LogP contribution in [0, 0.1) is 23.7 Å². The third-order valence-electron chi connectivity index (χ3n) is 5.96. The number of likely N-dealkylation sites (tertiary alicyclic amines) is 1. The molecular weight excluding hydrogens is 370 g/mol. The fourth-order valence-corrected chi connectivity index (χ4v) is 4.67. The third kappa shape index (κ3) is 5.18. The number of carbonyl (C=O) groups excluding carboxylic acids is 3. The minimum absolute atomic E-state index is 0.0131. The Bertz CT molecular complexity index is 640. The molecule has 164 valence electrons. The van der Waals surface area contributed by atoms with Gasteiger partial charge in [0.15, 0.2) is 0 Å². The van der Waals surface area contributed by atoms with Gasteiger partial charge in [-0.15, -0.1) is 0 Å². The molecule has 2 aliphatic rings. The van der Waals surface area contributed by atoms with Crippen molar-refractivity contribution < 1.29 is 19.5 Å². The Labute approximate surface area is 174 Å². The number of nitrogens with zero attached hydrogens (tertiary/aromatic N) is 1. The highest BCUT2D eigenvalue weighted by molar-refractivity contribution is 5.96. The zero-order chi connectivity index (χ0) is 21.8. The number of nitrogens with one attached hydrogen (secondary N) is 2. The van der Waals surface area contributed by atoms with Crippen LogP contribution in [0.5, 0.6) is 0 Å². The number of hydrogen-bond acceptors (Lipinski definition) is 4. The van der Waals surface area contributed by atoms with E-state index in [2.05, 4.69) is 10.6 Å². The van der Waals surface area contributed by atoms with E-state index in [0.29, 0.717) is 13.0 Å². The molecule has 3 amide bonds. The summed E-state index contributed by atoms with van der Waals surface area (Å²) in [5.41, 5.74) is -0.411. The largest absolute Gasteiger partial charge is 0.396 e. The lowest BCUT2D eigenvalue weighted by Crippen LogP contribution is -2.52. The molecule has 3 N–H and O–H groups in total. The lowest BCUT2D eigenvalue weighted by atomic mass is 9.68. The van der Waals surface area contributed by atoms with Gasteiger partial charge in [-0.25, -0.2) is 0 Å². The fourth-order valence-electron chi connectivity index (χ4n) is 4.67. The van der Waals surface area contributed by atoms with Crippen LogP contribution in [0.3, 0.4) is 0 Å². The van der Waals surface area contributed by atoms with Gasteiger partial charge in [-0.05, 0) is 52.4 Å². The SMILES string of the molecule is CC[C@@H]1C=C[C@H]2[C@@H](C(=O)N(CCCCCO)[C@@H]2C(=O)NC(C)(C)C)[C@@H]1C(=O)NC. The third-order valence-corrected chi connectivity index (χ3v) is 5.96. The summed E-state index contributed by atoms with van der Waals surface area (Å²) in [4.78, 5) is 41.0. The predicted octanol–water partition coefficient (Wildman–Crippen LogP) is 1.47. The van der Waals surface area contributed by atoms with Crippen LogP contribution in [0.1, 0.15) is 53.4 Å². The average Bonchev–Trinajstić information content (AvgIpc) is 2.94. The molecule has 1 saturated heterocycles. The zero-order valence-electron chi connectivity index (χ0n) is 18.4. The molecule has 5 atom stereocenters. The molecule has 0 spiro atoms. The summed E-state index contributed by atoms with van der Waals surface area (Å²) in [5.74, 6) is -1.71. The molecule has 0 bridgehead atoms. The average molecular weight is 408 g/mol. The van der Waals surface area contributed by atoms with Gasteiger partial charge in [-0.2, -0.15) is 0 Å². The van der Waals surface area contributed by atoms with E-state index in [0.717, 1.165) is 19.3 Å². The summed E-state index contributed by atoms with van der Waals surface area (Å²) >= 11 is 0. The van der Waals surface area contributed by atoms with Crippen molar-refractivity contribution in [2.24, 2.45) is 23.7 Å². The quantitative estimate of drug-likeness (QED) is 0.419. The number of carbonyl (C=O) groups is 3. The summed E-state index contributed by atoms with van der Waals surface area (Å²) < 4.78 is 0. The van der Waals surface area contributed by atoms with Crippen molar-refractivity contribution in [3.8, 4) is 0 Å². The Hall–Kier alpha value is -1.89. The summed E-state index contributed by atoms with van der Waals surface area (Å²) in [5, 5.41) is 14.8. The van der Waals surface area contributed by atoms with E-state index >= 15 is 0 Å². The summed E-state index contributed by atoms with van der Waals surface area (Å²) in [7, 11) is 1.60. The molecule has 7 heteroatoms. The van der Waals surface area contributed by atoms with E-state index < -0.39 is 23.4 Å².